The minimum Gasteiger partial charge on any atom is -0.381 e. The number of aryl methyl sites for hydroxylation is 1. The van der Waals surface area contributed by atoms with Gasteiger partial charge in [0.05, 0.1) is 11.7 Å². The first-order valence-electron chi connectivity index (χ1n) is 6.15. The molecule has 19 heavy (non-hydrogen) atoms. The molecule has 0 aliphatic heterocycles. The van der Waals surface area contributed by atoms with Gasteiger partial charge in [-0.25, -0.2) is 4.52 Å². The molecule has 2 aromatic heterocycles. The van der Waals surface area contributed by atoms with Crippen molar-refractivity contribution in [2.24, 2.45) is 0 Å². The molecule has 4 heteroatoms. The van der Waals surface area contributed by atoms with Gasteiger partial charge in [0.25, 0.3) is 0 Å². The molecule has 0 atom stereocenters. The Morgan fingerprint density at radius 1 is 1.26 bits per heavy atom. The minimum absolute atomic E-state index is 0.769. The van der Waals surface area contributed by atoms with E-state index in [1.807, 2.05) is 29.0 Å². The highest BCUT2D eigenvalue weighted by Crippen LogP contribution is 2.21. The topological polar surface area (TPSA) is 29.3 Å². The van der Waals surface area contributed by atoms with Crippen molar-refractivity contribution in [3.8, 4) is 0 Å². The quantitative estimate of drug-likeness (QED) is 0.791. The number of aromatic nitrogens is 2. The van der Waals surface area contributed by atoms with Gasteiger partial charge >= 0.3 is 0 Å². The molecule has 2 heterocycles. The van der Waals surface area contributed by atoms with E-state index >= 15 is 0 Å². The minimum atomic E-state index is 0.769. The fourth-order valence-electron chi connectivity index (χ4n) is 2.10. The first-order valence-corrected chi connectivity index (χ1v) is 6.94. The predicted molar refractivity (Wildman–Crippen MR) is 81.4 cm³/mol. The molecule has 0 saturated heterocycles. The van der Waals surface area contributed by atoms with Gasteiger partial charge < -0.3 is 5.32 Å². The van der Waals surface area contributed by atoms with Crippen LogP contribution in [0.25, 0.3) is 5.52 Å². The fraction of sp³-hybridized carbons (Fsp3) is 0.133. The van der Waals surface area contributed by atoms with E-state index < -0.39 is 0 Å². The second-order valence-electron chi connectivity index (χ2n) is 4.51. The highest BCUT2D eigenvalue weighted by Gasteiger charge is 2.04. The van der Waals surface area contributed by atoms with Gasteiger partial charge in [-0.05, 0) is 36.8 Å². The average Bonchev–Trinajstić information content (AvgIpc) is 2.83. The van der Waals surface area contributed by atoms with Gasteiger partial charge in [-0.1, -0.05) is 28.1 Å². The van der Waals surface area contributed by atoms with Gasteiger partial charge in [0, 0.05) is 28.5 Å². The van der Waals surface area contributed by atoms with E-state index in [1.165, 1.54) is 11.1 Å². The van der Waals surface area contributed by atoms with E-state index in [0.717, 1.165) is 22.2 Å². The third-order valence-corrected chi connectivity index (χ3v) is 3.67. The monoisotopic (exact) mass is 315 g/mol. The van der Waals surface area contributed by atoms with Crippen LogP contribution in [0.4, 0.5) is 5.69 Å². The Hall–Kier alpha value is -1.81. The summed E-state index contributed by atoms with van der Waals surface area (Å²) in [5.41, 5.74) is 4.71. The molecule has 0 bridgehead atoms. The summed E-state index contributed by atoms with van der Waals surface area (Å²) >= 11 is 3.50. The largest absolute Gasteiger partial charge is 0.381 e. The molecule has 3 rings (SSSR count). The zero-order valence-corrected chi connectivity index (χ0v) is 12.2. The lowest BCUT2D eigenvalue weighted by Gasteiger charge is -2.09. The zero-order chi connectivity index (χ0) is 13.2. The molecule has 3 nitrogen and oxygen atoms in total. The van der Waals surface area contributed by atoms with Crippen molar-refractivity contribution in [2.45, 2.75) is 13.5 Å². The van der Waals surface area contributed by atoms with Crippen molar-refractivity contribution in [2.75, 3.05) is 5.32 Å². The number of benzene rings is 1. The number of rotatable bonds is 3. The number of hydrogen-bond donors (Lipinski definition) is 1. The lowest BCUT2D eigenvalue weighted by molar-refractivity contribution is 0.961. The maximum atomic E-state index is 4.34. The zero-order valence-electron chi connectivity index (χ0n) is 10.6. The molecule has 0 unspecified atom stereocenters. The van der Waals surface area contributed by atoms with Gasteiger partial charge in [0.15, 0.2) is 0 Å². The molecule has 0 saturated carbocycles. The molecule has 0 spiro atoms. The van der Waals surface area contributed by atoms with Crippen LogP contribution in [-0.2, 0) is 6.54 Å². The first kappa shape index (κ1) is 12.2. The Morgan fingerprint density at radius 3 is 3.05 bits per heavy atom. The second-order valence-corrected chi connectivity index (χ2v) is 5.43. The average molecular weight is 316 g/mol. The Labute approximate surface area is 120 Å². The number of nitrogens with zero attached hydrogens (tertiary/aromatic N) is 2. The Morgan fingerprint density at radius 2 is 2.16 bits per heavy atom. The molecule has 1 aromatic carbocycles. The summed E-state index contributed by atoms with van der Waals surface area (Å²) in [6.45, 7) is 2.87. The molecular formula is C15H14BrN3. The van der Waals surface area contributed by atoms with Gasteiger partial charge in [-0.3, -0.25) is 0 Å². The molecule has 0 fully saturated rings. The summed E-state index contributed by atoms with van der Waals surface area (Å²) in [6, 6.07) is 12.3. The molecule has 0 aliphatic carbocycles. The maximum Gasteiger partial charge on any atom is 0.0711 e. The van der Waals surface area contributed by atoms with Crippen molar-refractivity contribution in [3.05, 3.63) is 64.4 Å². The van der Waals surface area contributed by atoms with E-state index in [2.05, 4.69) is 57.5 Å². The number of nitrogens with one attached hydrogen (secondary N) is 1. The van der Waals surface area contributed by atoms with Crippen molar-refractivity contribution in [1.29, 1.82) is 0 Å². The normalized spacial score (nSPS) is 10.8. The van der Waals surface area contributed by atoms with E-state index in [4.69, 9.17) is 0 Å². The van der Waals surface area contributed by atoms with E-state index in [9.17, 15) is 0 Å². The standard InChI is InChI=1S/C15H14BrN3/c1-11-5-6-13(16)8-14(11)17-9-12-10-18-19-7-3-2-4-15(12)19/h2-8,10,17H,9H2,1H3. The Balaban J connectivity index is 1.84. The van der Waals surface area contributed by atoms with Crippen LogP contribution in [0.5, 0.6) is 0 Å². The maximum absolute atomic E-state index is 4.34. The molecule has 0 radical (unpaired) electrons. The van der Waals surface area contributed by atoms with Crippen molar-refractivity contribution >= 4 is 27.1 Å². The van der Waals surface area contributed by atoms with Crippen LogP contribution in [0.1, 0.15) is 11.1 Å². The third kappa shape index (κ3) is 2.49. The summed E-state index contributed by atoms with van der Waals surface area (Å²) in [5.74, 6) is 0. The SMILES string of the molecule is Cc1ccc(Br)cc1NCc1cnn2ccccc12. The van der Waals surface area contributed by atoms with Crippen LogP contribution in [0, 0.1) is 6.92 Å². The summed E-state index contributed by atoms with van der Waals surface area (Å²) in [4.78, 5) is 0. The summed E-state index contributed by atoms with van der Waals surface area (Å²) in [5, 5.41) is 7.80. The lowest BCUT2D eigenvalue weighted by atomic mass is 10.2. The number of fused-ring (bicyclic) bond motifs is 1. The molecule has 3 aromatic rings. The van der Waals surface area contributed by atoms with Crippen molar-refractivity contribution in [1.82, 2.24) is 9.61 Å². The van der Waals surface area contributed by atoms with Crippen LogP contribution in [0.2, 0.25) is 0 Å². The number of hydrogen-bond acceptors (Lipinski definition) is 2. The smallest absolute Gasteiger partial charge is 0.0711 e. The van der Waals surface area contributed by atoms with Crippen LogP contribution in [0.3, 0.4) is 0 Å². The van der Waals surface area contributed by atoms with Crippen LogP contribution < -0.4 is 5.32 Å². The highest BCUT2D eigenvalue weighted by molar-refractivity contribution is 9.10. The number of pyridine rings is 1. The number of halogens is 1. The Bertz CT molecular complexity index is 718. The van der Waals surface area contributed by atoms with Gasteiger partial charge in [-0.15, -0.1) is 0 Å². The molecule has 1 N–H and O–H groups in total. The predicted octanol–water partition coefficient (Wildman–Crippen LogP) is 4.02. The van der Waals surface area contributed by atoms with E-state index in [1.54, 1.807) is 0 Å². The summed E-state index contributed by atoms with van der Waals surface area (Å²) < 4.78 is 2.98. The molecule has 0 amide bonds. The van der Waals surface area contributed by atoms with E-state index in [0.29, 0.717) is 0 Å². The summed E-state index contributed by atoms with van der Waals surface area (Å²) in [7, 11) is 0. The Kier molecular flexibility index (Phi) is 3.25. The van der Waals surface area contributed by atoms with Crippen LogP contribution in [0.15, 0.2) is 53.3 Å². The number of anilines is 1. The van der Waals surface area contributed by atoms with Crippen LogP contribution in [-0.4, -0.2) is 9.61 Å². The molecular weight excluding hydrogens is 302 g/mol. The van der Waals surface area contributed by atoms with Gasteiger partial charge in [-0.2, -0.15) is 5.10 Å². The van der Waals surface area contributed by atoms with Gasteiger partial charge in [0.2, 0.25) is 0 Å². The summed E-state index contributed by atoms with van der Waals surface area (Å²) in [6.07, 6.45) is 3.87. The highest BCUT2D eigenvalue weighted by atomic mass is 79.9. The first-order chi connectivity index (χ1) is 9.24. The van der Waals surface area contributed by atoms with E-state index in [-0.39, 0.29) is 0 Å². The van der Waals surface area contributed by atoms with Crippen molar-refractivity contribution < 1.29 is 0 Å². The third-order valence-electron chi connectivity index (χ3n) is 3.18. The fourth-order valence-corrected chi connectivity index (χ4v) is 2.46. The van der Waals surface area contributed by atoms with Crippen LogP contribution >= 0.6 is 15.9 Å². The lowest BCUT2D eigenvalue weighted by Crippen LogP contribution is -2.00. The van der Waals surface area contributed by atoms with Gasteiger partial charge in [0.1, 0.15) is 0 Å². The second kappa shape index (κ2) is 5.05. The molecule has 0 aliphatic rings. The molecule has 96 valence electrons. The van der Waals surface area contributed by atoms with Crippen molar-refractivity contribution in [3.63, 3.8) is 0 Å².